The van der Waals surface area contributed by atoms with Gasteiger partial charge >= 0.3 is 5.69 Å². The smallest absolute Gasteiger partial charge is 0.292 e. The molecule has 0 saturated heterocycles. The molecule has 0 aliphatic rings. The molecule has 0 aliphatic carbocycles. The van der Waals surface area contributed by atoms with Gasteiger partial charge in [-0.3, -0.25) is 19.6 Å². The van der Waals surface area contributed by atoms with Crippen molar-refractivity contribution in [2.45, 2.75) is 6.54 Å². The molecule has 0 spiro atoms. The van der Waals surface area contributed by atoms with Crippen LogP contribution in [0.5, 0.6) is 0 Å². The molecule has 0 aliphatic heterocycles. The van der Waals surface area contributed by atoms with E-state index in [1.807, 2.05) is 42.5 Å². The first-order valence-corrected chi connectivity index (χ1v) is 6.99. The predicted octanol–water partition coefficient (Wildman–Crippen LogP) is 3.34. The molecule has 3 aromatic rings. The zero-order valence-corrected chi connectivity index (χ0v) is 12.1. The van der Waals surface area contributed by atoms with Crippen molar-refractivity contribution >= 4 is 11.5 Å². The summed E-state index contributed by atoms with van der Waals surface area (Å²) in [5.41, 5.74) is 2.52. The van der Waals surface area contributed by atoms with E-state index in [1.165, 1.54) is 10.9 Å². The number of nitrogens with zero attached hydrogens (tertiary/aromatic N) is 3. The normalized spacial score (nSPS) is 10.4. The highest BCUT2D eigenvalue weighted by Crippen LogP contribution is 2.19. The van der Waals surface area contributed by atoms with Crippen molar-refractivity contribution in [3.8, 4) is 11.1 Å². The third-order valence-electron chi connectivity index (χ3n) is 3.45. The van der Waals surface area contributed by atoms with Crippen molar-refractivity contribution in [1.82, 2.24) is 9.78 Å². The van der Waals surface area contributed by atoms with Gasteiger partial charge in [-0.15, -0.1) is 0 Å². The minimum absolute atomic E-state index is 0.0292. The van der Waals surface area contributed by atoms with E-state index in [1.54, 1.807) is 12.1 Å². The van der Waals surface area contributed by atoms with Gasteiger partial charge in [0.25, 0.3) is 0 Å². The fourth-order valence-electron chi connectivity index (χ4n) is 2.25. The Balaban J connectivity index is 1.73. The van der Waals surface area contributed by atoms with Crippen molar-refractivity contribution < 1.29 is 9.72 Å². The van der Waals surface area contributed by atoms with E-state index >= 15 is 0 Å². The summed E-state index contributed by atoms with van der Waals surface area (Å²) >= 11 is 0. The molecule has 0 N–H and O–H groups in total. The first-order valence-electron chi connectivity index (χ1n) is 6.99. The largest absolute Gasteiger partial charge is 0.307 e. The maximum Gasteiger partial charge on any atom is 0.307 e. The number of Topliss-reactive ketones (excluding diaryl/α,β-unsaturated/α-hetero) is 1. The fraction of sp³-hybridized carbons (Fsp3) is 0.0588. The molecule has 1 heterocycles. The summed E-state index contributed by atoms with van der Waals surface area (Å²) < 4.78 is 1.27. The van der Waals surface area contributed by atoms with Gasteiger partial charge in [-0.2, -0.15) is 5.10 Å². The van der Waals surface area contributed by atoms with Gasteiger partial charge in [0, 0.05) is 5.56 Å². The van der Waals surface area contributed by atoms with Crippen LogP contribution < -0.4 is 0 Å². The van der Waals surface area contributed by atoms with E-state index in [2.05, 4.69) is 5.10 Å². The Morgan fingerprint density at radius 2 is 1.70 bits per heavy atom. The van der Waals surface area contributed by atoms with Gasteiger partial charge < -0.3 is 0 Å². The summed E-state index contributed by atoms with van der Waals surface area (Å²) in [5, 5.41) is 14.4. The van der Waals surface area contributed by atoms with Crippen molar-refractivity contribution in [3.63, 3.8) is 0 Å². The first kappa shape index (κ1) is 14.6. The molecule has 1 aromatic heterocycles. The van der Waals surface area contributed by atoms with Crippen molar-refractivity contribution in [2.24, 2.45) is 0 Å². The Morgan fingerprint density at radius 3 is 2.30 bits per heavy atom. The summed E-state index contributed by atoms with van der Waals surface area (Å²) in [6.45, 7) is -0.0292. The van der Waals surface area contributed by atoms with Crippen LogP contribution in [0.25, 0.3) is 11.1 Å². The standard InChI is InChI=1S/C17H13N3O3/c21-17(12-19-11-16(10-18-19)20(22)23)15-8-6-14(7-9-15)13-4-2-1-3-5-13/h1-11H,12H2. The maximum atomic E-state index is 12.2. The molecule has 114 valence electrons. The van der Waals surface area contributed by atoms with Gasteiger partial charge in [0.05, 0.1) is 4.92 Å². The van der Waals surface area contributed by atoms with Crippen molar-refractivity contribution in [1.29, 1.82) is 0 Å². The van der Waals surface area contributed by atoms with E-state index in [0.717, 1.165) is 17.3 Å². The number of carbonyl (C=O) groups excluding carboxylic acids is 1. The molecular formula is C17H13N3O3. The van der Waals surface area contributed by atoms with Gasteiger partial charge in [0.2, 0.25) is 0 Å². The zero-order chi connectivity index (χ0) is 16.2. The molecule has 6 nitrogen and oxygen atoms in total. The molecule has 0 fully saturated rings. The molecule has 2 aromatic carbocycles. The van der Waals surface area contributed by atoms with Crippen molar-refractivity contribution in [2.75, 3.05) is 0 Å². The van der Waals surface area contributed by atoms with Gasteiger partial charge in [0.1, 0.15) is 18.9 Å². The van der Waals surface area contributed by atoms with Gasteiger partial charge in [-0.1, -0.05) is 54.6 Å². The van der Waals surface area contributed by atoms with E-state index < -0.39 is 4.92 Å². The van der Waals surface area contributed by atoms with Crippen LogP contribution in [0, 0.1) is 10.1 Å². The monoisotopic (exact) mass is 307 g/mol. The SMILES string of the molecule is O=C(Cn1cc([N+](=O)[O-])cn1)c1ccc(-c2ccccc2)cc1. The Hall–Kier alpha value is -3.28. The Labute approximate surface area is 132 Å². The first-order chi connectivity index (χ1) is 11.1. The zero-order valence-electron chi connectivity index (χ0n) is 12.1. The quantitative estimate of drug-likeness (QED) is 0.411. The number of aromatic nitrogens is 2. The topological polar surface area (TPSA) is 78.0 Å². The molecule has 0 unspecified atom stereocenters. The summed E-state index contributed by atoms with van der Waals surface area (Å²) in [6, 6.07) is 17.1. The Kier molecular flexibility index (Phi) is 3.97. The third-order valence-corrected chi connectivity index (χ3v) is 3.45. The fourth-order valence-corrected chi connectivity index (χ4v) is 2.25. The minimum atomic E-state index is -0.539. The van der Waals surface area contributed by atoms with Crippen LogP contribution in [0.15, 0.2) is 67.0 Å². The predicted molar refractivity (Wildman–Crippen MR) is 85.1 cm³/mol. The van der Waals surface area contributed by atoms with Crippen molar-refractivity contribution in [3.05, 3.63) is 82.7 Å². The van der Waals surface area contributed by atoms with Crippen LogP contribution in [-0.4, -0.2) is 20.5 Å². The highest BCUT2D eigenvalue weighted by molar-refractivity contribution is 5.96. The van der Waals surface area contributed by atoms with Crippen LogP contribution in [0.3, 0.4) is 0 Å². The average molecular weight is 307 g/mol. The number of rotatable bonds is 5. The molecule has 3 rings (SSSR count). The second-order valence-electron chi connectivity index (χ2n) is 5.02. The van der Waals surface area contributed by atoms with Gasteiger partial charge in [-0.05, 0) is 11.1 Å². The maximum absolute atomic E-state index is 12.2. The molecule has 23 heavy (non-hydrogen) atoms. The van der Waals surface area contributed by atoms with Crippen LogP contribution in [-0.2, 0) is 6.54 Å². The molecule has 0 saturated carbocycles. The molecule has 0 bridgehead atoms. The number of nitro groups is 1. The van der Waals surface area contributed by atoms with Crippen LogP contribution in [0.1, 0.15) is 10.4 Å². The lowest BCUT2D eigenvalue weighted by molar-refractivity contribution is -0.385. The van der Waals surface area contributed by atoms with Gasteiger partial charge in [-0.25, -0.2) is 0 Å². The highest BCUT2D eigenvalue weighted by Gasteiger charge is 2.12. The summed E-state index contributed by atoms with van der Waals surface area (Å²) in [7, 11) is 0. The van der Waals surface area contributed by atoms with E-state index in [-0.39, 0.29) is 18.0 Å². The molecule has 0 amide bonds. The highest BCUT2D eigenvalue weighted by atomic mass is 16.6. The summed E-state index contributed by atoms with van der Waals surface area (Å²) in [4.78, 5) is 22.3. The number of carbonyl (C=O) groups is 1. The molecule has 0 atom stereocenters. The number of ketones is 1. The van der Waals surface area contributed by atoms with Gasteiger partial charge in [0.15, 0.2) is 5.78 Å². The second kappa shape index (κ2) is 6.23. The third kappa shape index (κ3) is 3.32. The molecule has 0 radical (unpaired) electrons. The number of hydrogen-bond acceptors (Lipinski definition) is 4. The van der Waals surface area contributed by atoms with Crippen LogP contribution in [0.2, 0.25) is 0 Å². The Bertz CT molecular complexity index is 839. The van der Waals surface area contributed by atoms with Crippen LogP contribution >= 0.6 is 0 Å². The minimum Gasteiger partial charge on any atom is -0.292 e. The molecular weight excluding hydrogens is 294 g/mol. The van der Waals surface area contributed by atoms with E-state index in [4.69, 9.17) is 0 Å². The summed E-state index contributed by atoms with van der Waals surface area (Å²) in [5.74, 6) is -0.150. The lowest BCUT2D eigenvalue weighted by atomic mass is 10.0. The Morgan fingerprint density at radius 1 is 1.04 bits per heavy atom. The average Bonchev–Trinajstić information content (AvgIpc) is 3.04. The molecule has 6 heteroatoms. The lowest BCUT2D eigenvalue weighted by Gasteiger charge is -2.04. The van der Waals surface area contributed by atoms with E-state index in [0.29, 0.717) is 5.56 Å². The summed E-state index contributed by atoms with van der Waals surface area (Å²) in [6.07, 6.45) is 2.38. The second-order valence-corrected chi connectivity index (χ2v) is 5.02. The number of benzene rings is 2. The van der Waals surface area contributed by atoms with Crippen LogP contribution in [0.4, 0.5) is 5.69 Å². The lowest BCUT2D eigenvalue weighted by Crippen LogP contribution is -2.10. The van der Waals surface area contributed by atoms with E-state index in [9.17, 15) is 14.9 Å². The number of hydrogen-bond donors (Lipinski definition) is 0.